The van der Waals surface area contributed by atoms with Crippen LogP contribution in [0.25, 0.3) is 0 Å². The van der Waals surface area contributed by atoms with Crippen LogP contribution in [0.3, 0.4) is 0 Å². The van der Waals surface area contributed by atoms with Crippen LogP contribution in [0.2, 0.25) is 0 Å². The van der Waals surface area contributed by atoms with Crippen LogP contribution in [-0.2, 0) is 6.42 Å². The highest BCUT2D eigenvalue weighted by Crippen LogP contribution is 2.30. The number of aryl methyl sites for hydroxylation is 1. The standard InChI is InChI=1S/C16H17N/c1-12-6-5-9-13-10-11-17-16(15(12)13)14-7-3-2-4-8-14/h2-9,16-17H,10-11H2,1H3. The van der Waals surface area contributed by atoms with E-state index in [4.69, 9.17) is 0 Å². The molecule has 0 radical (unpaired) electrons. The van der Waals surface area contributed by atoms with Crippen molar-refractivity contribution in [1.29, 1.82) is 0 Å². The Balaban J connectivity index is 2.11. The van der Waals surface area contributed by atoms with E-state index in [0.717, 1.165) is 13.0 Å². The summed E-state index contributed by atoms with van der Waals surface area (Å²) in [6.07, 6.45) is 1.14. The molecule has 0 spiro atoms. The molecule has 0 fully saturated rings. The van der Waals surface area contributed by atoms with Gasteiger partial charge in [0.1, 0.15) is 0 Å². The molecule has 0 bridgehead atoms. The van der Waals surface area contributed by atoms with E-state index in [1.54, 1.807) is 0 Å². The Labute approximate surface area is 102 Å². The molecule has 1 aliphatic rings. The minimum Gasteiger partial charge on any atom is -0.306 e. The van der Waals surface area contributed by atoms with Crippen LogP contribution < -0.4 is 5.32 Å². The lowest BCUT2D eigenvalue weighted by Gasteiger charge is -2.29. The summed E-state index contributed by atoms with van der Waals surface area (Å²) in [6.45, 7) is 3.28. The molecule has 0 aliphatic carbocycles. The highest BCUT2D eigenvalue weighted by atomic mass is 14.9. The van der Waals surface area contributed by atoms with Gasteiger partial charge < -0.3 is 5.32 Å². The minimum atomic E-state index is 0.362. The van der Waals surface area contributed by atoms with E-state index in [9.17, 15) is 0 Å². The number of nitrogens with one attached hydrogen (secondary N) is 1. The van der Waals surface area contributed by atoms with Gasteiger partial charge in [-0.1, -0.05) is 48.5 Å². The van der Waals surface area contributed by atoms with Crippen LogP contribution in [0, 0.1) is 6.92 Å². The van der Waals surface area contributed by atoms with Gasteiger partial charge in [0.25, 0.3) is 0 Å². The Kier molecular flexibility index (Phi) is 2.69. The second-order valence-electron chi connectivity index (χ2n) is 4.70. The van der Waals surface area contributed by atoms with Gasteiger partial charge in [0, 0.05) is 6.54 Å². The van der Waals surface area contributed by atoms with Crippen molar-refractivity contribution in [3.8, 4) is 0 Å². The molecule has 86 valence electrons. The average molecular weight is 223 g/mol. The predicted octanol–water partition coefficient (Wildman–Crippen LogP) is 3.23. The Morgan fingerprint density at radius 2 is 1.82 bits per heavy atom. The lowest BCUT2D eigenvalue weighted by molar-refractivity contribution is 0.565. The normalized spacial score (nSPS) is 18.8. The molecular weight excluding hydrogens is 206 g/mol. The van der Waals surface area contributed by atoms with Crippen molar-refractivity contribution in [2.75, 3.05) is 6.54 Å². The van der Waals surface area contributed by atoms with Gasteiger partial charge in [-0.2, -0.15) is 0 Å². The van der Waals surface area contributed by atoms with E-state index >= 15 is 0 Å². The minimum absolute atomic E-state index is 0.362. The van der Waals surface area contributed by atoms with E-state index in [0.29, 0.717) is 6.04 Å². The predicted molar refractivity (Wildman–Crippen MR) is 71.2 cm³/mol. The first-order chi connectivity index (χ1) is 8.36. The maximum absolute atomic E-state index is 3.63. The quantitative estimate of drug-likeness (QED) is 0.782. The van der Waals surface area contributed by atoms with Crippen molar-refractivity contribution in [2.24, 2.45) is 0 Å². The fourth-order valence-corrected chi connectivity index (χ4v) is 2.76. The molecule has 1 unspecified atom stereocenters. The summed E-state index contributed by atoms with van der Waals surface area (Å²) in [7, 11) is 0. The highest BCUT2D eigenvalue weighted by Gasteiger charge is 2.22. The lowest BCUT2D eigenvalue weighted by Crippen LogP contribution is -2.31. The van der Waals surface area contributed by atoms with E-state index in [1.165, 1.54) is 22.3 Å². The van der Waals surface area contributed by atoms with Gasteiger partial charge in [0.15, 0.2) is 0 Å². The number of rotatable bonds is 1. The SMILES string of the molecule is Cc1cccc2c1C(c1ccccc1)NCC2. The zero-order chi connectivity index (χ0) is 11.7. The lowest BCUT2D eigenvalue weighted by atomic mass is 9.87. The molecule has 1 atom stereocenters. The van der Waals surface area contributed by atoms with Gasteiger partial charge in [0.2, 0.25) is 0 Å². The Bertz CT molecular complexity index is 516. The zero-order valence-electron chi connectivity index (χ0n) is 10.1. The van der Waals surface area contributed by atoms with Crippen LogP contribution in [0.1, 0.15) is 28.3 Å². The molecule has 0 saturated heterocycles. The summed E-state index contributed by atoms with van der Waals surface area (Å²) in [5.41, 5.74) is 5.73. The van der Waals surface area contributed by atoms with Crippen molar-refractivity contribution in [1.82, 2.24) is 5.32 Å². The Morgan fingerprint density at radius 1 is 1.00 bits per heavy atom. The molecule has 1 N–H and O–H groups in total. The van der Waals surface area contributed by atoms with Crippen molar-refractivity contribution in [2.45, 2.75) is 19.4 Å². The van der Waals surface area contributed by atoms with E-state index in [1.807, 2.05) is 0 Å². The largest absolute Gasteiger partial charge is 0.306 e. The van der Waals surface area contributed by atoms with Crippen LogP contribution >= 0.6 is 0 Å². The maximum atomic E-state index is 3.63. The third kappa shape index (κ3) is 1.87. The summed E-state index contributed by atoms with van der Waals surface area (Å²) >= 11 is 0. The molecule has 2 aromatic rings. The zero-order valence-corrected chi connectivity index (χ0v) is 10.1. The molecule has 0 saturated carbocycles. The fourth-order valence-electron chi connectivity index (χ4n) is 2.76. The van der Waals surface area contributed by atoms with Crippen molar-refractivity contribution >= 4 is 0 Å². The smallest absolute Gasteiger partial charge is 0.0582 e. The summed E-state index contributed by atoms with van der Waals surface area (Å²) < 4.78 is 0. The number of benzene rings is 2. The average Bonchev–Trinajstić information content (AvgIpc) is 2.39. The topological polar surface area (TPSA) is 12.0 Å². The van der Waals surface area contributed by atoms with Crippen LogP contribution in [0.15, 0.2) is 48.5 Å². The molecule has 1 heterocycles. The van der Waals surface area contributed by atoms with Crippen LogP contribution in [0.5, 0.6) is 0 Å². The third-order valence-electron chi connectivity index (χ3n) is 3.58. The number of fused-ring (bicyclic) bond motifs is 1. The molecule has 0 aromatic heterocycles. The second-order valence-corrected chi connectivity index (χ2v) is 4.70. The van der Waals surface area contributed by atoms with Crippen molar-refractivity contribution in [3.63, 3.8) is 0 Å². The Hall–Kier alpha value is -1.60. The van der Waals surface area contributed by atoms with Crippen molar-refractivity contribution in [3.05, 3.63) is 70.8 Å². The van der Waals surface area contributed by atoms with Crippen LogP contribution in [0.4, 0.5) is 0 Å². The Morgan fingerprint density at radius 3 is 2.65 bits per heavy atom. The van der Waals surface area contributed by atoms with Gasteiger partial charge in [-0.3, -0.25) is 0 Å². The van der Waals surface area contributed by atoms with E-state index in [-0.39, 0.29) is 0 Å². The van der Waals surface area contributed by atoms with Gasteiger partial charge in [-0.25, -0.2) is 0 Å². The molecule has 17 heavy (non-hydrogen) atoms. The molecule has 3 rings (SSSR count). The summed E-state index contributed by atoms with van der Waals surface area (Å²) in [5, 5.41) is 3.63. The summed E-state index contributed by atoms with van der Waals surface area (Å²) in [6, 6.07) is 17.7. The molecule has 1 heteroatoms. The van der Waals surface area contributed by atoms with E-state index < -0.39 is 0 Å². The molecular formula is C16H17N. The second kappa shape index (κ2) is 4.34. The first kappa shape index (κ1) is 10.5. The van der Waals surface area contributed by atoms with Crippen molar-refractivity contribution < 1.29 is 0 Å². The molecule has 0 amide bonds. The first-order valence-electron chi connectivity index (χ1n) is 6.23. The maximum Gasteiger partial charge on any atom is 0.0582 e. The summed E-state index contributed by atoms with van der Waals surface area (Å²) in [5.74, 6) is 0. The first-order valence-corrected chi connectivity index (χ1v) is 6.23. The molecule has 2 aromatic carbocycles. The number of hydrogen-bond acceptors (Lipinski definition) is 1. The van der Waals surface area contributed by atoms with E-state index in [2.05, 4.69) is 60.8 Å². The van der Waals surface area contributed by atoms with Gasteiger partial charge in [-0.05, 0) is 35.6 Å². The highest BCUT2D eigenvalue weighted by molar-refractivity contribution is 5.44. The van der Waals surface area contributed by atoms with Crippen LogP contribution in [-0.4, -0.2) is 6.54 Å². The van der Waals surface area contributed by atoms with Gasteiger partial charge >= 0.3 is 0 Å². The monoisotopic (exact) mass is 223 g/mol. The summed E-state index contributed by atoms with van der Waals surface area (Å²) in [4.78, 5) is 0. The van der Waals surface area contributed by atoms with Gasteiger partial charge in [-0.15, -0.1) is 0 Å². The molecule has 1 nitrogen and oxygen atoms in total. The number of hydrogen-bond donors (Lipinski definition) is 1. The van der Waals surface area contributed by atoms with Gasteiger partial charge in [0.05, 0.1) is 6.04 Å². The fraction of sp³-hybridized carbons (Fsp3) is 0.250. The molecule has 1 aliphatic heterocycles. The third-order valence-corrected chi connectivity index (χ3v) is 3.58.